The summed E-state index contributed by atoms with van der Waals surface area (Å²) >= 11 is 0. The highest BCUT2D eigenvalue weighted by Gasteiger charge is 2.08. The molecule has 0 saturated heterocycles. The third-order valence-corrected chi connectivity index (χ3v) is 3.91. The van der Waals surface area contributed by atoms with Gasteiger partial charge < -0.3 is 9.47 Å². The lowest BCUT2D eigenvalue weighted by atomic mass is 10.1. The average Bonchev–Trinajstić information content (AvgIpc) is 2.64. The molecule has 3 aromatic carbocycles. The van der Waals surface area contributed by atoms with Crippen LogP contribution in [0.15, 0.2) is 78.9 Å². The summed E-state index contributed by atoms with van der Waals surface area (Å²) in [6.07, 6.45) is 1.81. The van der Waals surface area contributed by atoms with Crippen LogP contribution in [0.2, 0.25) is 0 Å². The van der Waals surface area contributed by atoms with Gasteiger partial charge in [-0.25, -0.2) is 0 Å². The second-order valence-corrected chi connectivity index (χ2v) is 5.59. The summed E-state index contributed by atoms with van der Waals surface area (Å²) in [5.41, 5.74) is 2.46. The Morgan fingerprint density at radius 2 is 1.29 bits per heavy atom. The molecule has 0 fully saturated rings. The zero-order valence-corrected chi connectivity index (χ0v) is 13.9. The van der Waals surface area contributed by atoms with E-state index in [0.717, 1.165) is 30.1 Å². The minimum absolute atomic E-state index is 0.625. The van der Waals surface area contributed by atoms with Crippen LogP contribution in [-0.2, 0) is 12.8 Å². The van der Waals surface area contributed by atoms with Gasteiger partial charge in [-0.1, -0.05) is 67.6 Å². The van der Waals surface area contributed by atoms with Crippen molar-refractivity contribution in [3.8, 4) is 17.2 Å². The van der Waals surface area contributed by atoms with E-state index in [0.29, 0.717) is 6.61 Å². The molecule has 0 spiro atoms. The summed E-state index contributed by atoms with van der Waals surface area (Å²) in [4.78, 5) is 0. The van der Waals surface area contributed by atoms with Crippen LogP contribution in [-0.4, -0.2) is 6.61 Å². The van der Waals surface area contributed by atoms with Crippen molar-refractivity contribution in [1.29, 1.82) is 0 Å². The molecule has 0 aliphatic heterocycles. The molecule has 0 saturated carbocycles. The van der Waals surface area contributed by atoms with Crippen molar-refractivity contribution >= 4 is 0 Å². The van der Waals surface area contributed by atoms with Crippen molar-refractivity contribution in [1.82, 2.24) is 0 Å². The molecule has 24 heavy (non-hydrogen) atoms. The molecule has 3 rings (SSSR count). The van der Waals surface area contributed by atoms with E-state index in [-0.39, 0.29) is 0 Å². The summed E-state index contributed by atoms with van der Waals surface area (Å²) < 4.78 is 12.1. The fraction of sp³-hybridized carbons (Fsp3) is 0.182. The second kappa shape index (κ2) is 8.21. The monoisotopic (exact) mass is 318 g/mol. The smallest absolute Gasteiger partial charge is 0.169 e. The molecule has 0 N–H and O–H groups in total. The lowest BCUT2D eigenvalue weighted by Crippen LogP contribution is -2.02. The van der Waals surface area contributed by atoms with Crippen LogP contribution in [0.25, 0.3) is 0 Å². The number of benzene rings is 3. The molecule has 0 heterocycles. The van der Waals surface area contributed by atoms with E-state index in [1.54, 1.807) is 0 Å². The Morgan fingerprint density at radius 1 is 0.667 bits per heavy atom. The predicted octanol–water partition coefficient (Wildman–Crippen LogP) is 5.66. The normalized spacial score (nSPS) is 10.4. The Kier molecular flexibility index (Phi) is 5.52. The molecular weight excluding hydrogens is 296 g/mol. The third kappa shape index (κ3) is 4.17. The molecule has 122 valence electrons. The van der Waals surface area contributed by atoms with E-state index >= 15 is 0 Å². The summed E-state index contributed by atoms with van der Waals surface area (Å²) in [6, 6.07) is 26.3. The Bertz CT molecular complexity index is 766. The van der Waals surface area contributed by atoms with E-state index in [1.165, 1.54) is 11.1 Å². The van der Waals surface area contributed by atoms with Crippen molar-refractivity contribution in [2.75, 3.05) is 6.61 Å². The molecular formula is C22H22O2. The summed E-state index contributed by atoms with van der Waals surface area (Å²) in [5.74, 6) is 2.42. The average molecular weight is 318 g/mol. The number of aryl methyl sites for hydroxylation is 1. The molecule has 0 atom stereocenters. The molecule has 3 aromatic rings. The fourth-order valence-corrected chi connectivity index (χ4v) is 2.59. The predicted molar refractivity (Wildman–Crippen MR) is 98.0 cm³/mol. The van der Waals surface area contributed by atoms with E-state index in [9.17, 15) is 0 Å². The lowest BCUT2D eigenvalue weighted by molar-refractivity contribution is 0.305. The van der Waals surface area contributed by atoms with Gasteiger partial charge in [0.05, 0.1) is 6.61 Å². The lowest BCUT2D eigenvalue weighted by Gasteiger charge is -2.14. The van der Waals surface area contributed by atoms with Crippen LogP contribution in [0.3, 0.4) is 0 Å². The highest BCUT2D eigenvalue weighted by Crippen LogP contribution is 2.33. The van der Waals surface area contributed by atoms with Gasteiger partial charge in [-0.2, -0.15) is 0 Å². The van der Waals surface area contributed by atoms with Gasteiger partial charge in [-0.05, 0) is 35.7 Å². The fourth-order valence-electron chi connectivity index (χ4n) is 2.59. The van der Waals surface area contributed by atoms with Crippen LogP contribution in [0.4, 0.5) is 0 Å². The quantitative estimate of drug-likeness (QED) is 0.559. The molecule has 0 unspecified atom stereocenters. The maximum absolute atomic E-state index is 6.11. The summed E-state index contributed by atoms with van der Waals surface area (Å²) in [6.45, 7) is 2.75. The van der Waals surface area contributed by atoms with Crippen molar-refractivity contribution in [2.24, 2.45) is 0 Å². The highest BCUT2D eigenvalue weighted by atomic mass is 16.5. The zero-order chi connectivity index (χ0) is 16.6. The molecule has 2 heteroatoms. The van der Waals surface area contributed by atoms with E-state index in [4.69, 9.17) is 9.47 Å². The Balaban J connectivity index is 1.69. The van der Waals surface area contributed by atoms with Crippen molar-refractivity contribution in [3.05, 3.63) is 90.0 Å². The topological polar surface area (TPSA) is 18.5 Å². The SMILES string of the molecule is CCc1ccccc1Oc1ccccc1OCCc1ccccc1. The summed E-state index contributed by atoms with van der Waals surface area (Å²) in [7, 11) is 0. The maximum atomic E-state index is 6.11. The van der Waals surface area contributed by atoms with Gasteiger partial charge in [-0.3, -0.25) is 0 Å². The van der Waals surface area contributed by atoms with Crippen LogP contribution < -0.4 is 9.47 Å². The first-order valence-electron chi connectivity index (χ1n) is 8.38. The maximum Gasteiger partial charge on any atom is 0.169 e. The highest BCUT2D eigenvalue weighted by molar-refractivity contribution is 5.44. The van der Waals surface area contributed by atoms with Crippen molar-refractivity contribution in [2.45, 2.75) is 19.8 Å². The molecule has 2 nitrogen and oxygen atoms in total. The van der Waals surface area contributed by atoms with Gasteiger partial charge in [0.2, 0.25) is 0 Å². The molecule has 0 radical (unpaired) electrons. The van der Waals surface area contributed by atoms with Crippen LogP contribution in [0.1, 0.15) is 18.1 Å². The van der Waals surface area contributed by atoms with Crippen LogP contribution in [0.5, 0.6) is 17.2 Å². The molecule has 0 aromatic heterocycles. The largest absolute Gasteiger partial charge is 0.489 e. The van der Waals surface area contributed by atoms with Gasteiger partial charge in [0.25, 0.3) is 0 Å². The number of rotatable bonds is 7. The number of para-hydroxylation sites is 3. The molecule has 0 aliphatic carbocycles. The van der Waals surface area contributed by atoms with Crippen LogP contribution >= 0.6 is 0 Å². The first kappa shape index (κ1) is 16.1. The first-order chi connectivity index (χ1) is 11.9. The molecule has 0 aliphatic rings. The molecule has 0 bridgehead atoms. The van der Waals surface area contributed by atoms with Gasteiger partial charge in [0.15, 0.2) is 11.5 Å². The van der Waals surface area contributed by atoms with Crippen LogP contribution in [0, 0.1) is 0 Å². The zero-order valence-electron chi connectivity index (χ0n) is 13.9. The van der Waals surface area contributed by atoms with E-state index in [2.05, 4.69) is 25.1 Å². The van der Waals surface area contributed by atoms with E-state index < -0.39 is 0 Å². The number of ether oxygens (including phenoxy) is 2. The van der Waals surface area contributed by atoms with E-state index in [1.807, 2.05) is 60.7 Å². The summed E-state index contributed by atoms with van der Waals surface area (Å²) in [5, 5.41) is 0. The van der Waals surface area contributed by atoms with Crippen molar-refractivity contribution in [3.63, 3.8) is 0 Å². The minimum Gasteiger partial charge on any atom is -0.489 e. The minimum atomic E-state index is 0.625. The third-order valence-electron chi connectivity index (χ3n) is 3.91. The second-order valence-electron chi connectivity index (χ2n) is 5.59. The van der Waals surface area contributed by atoms with Gasteiger partial charge in [-0.15, -0.1) is 0 Å². The van der Waals surface area contributed by atoms with Gasteiger partial charge in [0, 0.05) is 6.42 Å². The van der Waals surface area contributed by atoms with Crippen molar-refractivity contribution < 1.29 is 9.47 Å². The number of hydrogen-bond donors (Lipinski definition) is 0. The first-order valence-corrected chi connectivity index (χ1v) is 8.38. The van der Waals surface area contributed by atoms with Gasteiger partial charge in [0.1, 0.15) is 5.75 Å². The number of hydrogen-bond acceptors (Lipinski definition) is 2. The standard InChI is InChI=1S/C22H22O2/c1-2-19-12-6-7-13-20(19)24-22-15-9-8-14-21(22)23-17-16-18-10-4-3-5-11-18/h3-15H,2,16-17H2,1H3. The Labute approximate surface area is 143 Å². The van der Waals surface area contributed by atoms with Gasteiger partial charge >= 0.3 is 0 Å². The Morgan fingerprint density at radius 3 is 2.04 bits per heavy atom. The Hall–Kier alpha value is -2.74. The molecule has 0 amide bonds.